The van der Waals surface area contributed by atoms with E-state index >= 15 is 0 Å². The van der Waals surface area contributed by atoms with Gasteiger partial charge in [-0.3, -0.25) is 15.1 Å². The molecule has 1 amide bonds. The van der Waals surface area contributed by atoms with Crippen LogP contribution in [0.25, 0.3) is 0 Å². The Bertz CT molecular complexity index is 414. The molecule has 0 aromatic carbocycles. The van der Waals surface area contributed by atoms with E-state index in [1.165, 1.54) is 0 Å². The molecule has 2 rings (SSSR count). The second kappa shape index (κ2) is 4.97. The molecule has 0 fully saturated rings. The Morgan fingerprint density at radius 1 is 1.06 bits per heavy atom. The van der Waals surface area contributed by atoms with Crippen molar-refractivity contribution < 1.29 is 4.79 Å². The summed E-state index contributed by atoms with van der Waals surface area (Å²) in [5, 5.41) is 2.59. The third-order valence-corrected chi connectivity index (χ3v) is 1.88. The lowest BCUT2D eigenvalue weighted by Crippen LogP contribution is -2.16. The molecule has 0 unspecified atom stereocenters. The van der Waals surface area contributed by atoms with Crippen LogP contribution in [0, 0.1) is 0 Å². The summed E-state index contributed by atoms with van der Waals surface area (Å²) in [7, 11) is 0. The molecule has 80 valence electrons. The van der Waals surface area contributed by atoms with E-state index in [4.69, 9.17) is 0 Å². The van der Waals surface area contributed by atoms with Gasteiger partial charge in [-0.25, -0.2) is 9.97 Å². The van der Waals surface area contributed by atoms with E-state index in [1.807, 2.05) is 12.1 Å². The number of anilines is 1. The average molecular weight is 214 g/mol. The van der Waals surface area contributed by atoms with E-state index in [9.17, 15) is 4.79 Å². The summed E-state index contributed by atoms with van der Waals surface area (Å²) >= 11 is 0. The molecule has 0 bridgehead atoms. The van der Waals surface area contributed by atoms with Gasteiger partial charge >= 0.3 is 0 Å². The molecular weight excluding hydrogens is 204 g/mol. The molecule has 2 heterocycles. The van der Waals surface area contributed by atoms with Crippen molar-refractivity contribution >= 4 is 11.9 Å². The molecule has 0 atom stereocenters. The Morgan fingerprint density at radius 2 is 1.81 bits per heavy atom. The minimum Gasteiger partial charge on any atom is -0.294 e. The van der Waals surface area contributed by atoms with Crippen LogP contribution in [-0.2, 0) is 11.2 Å². The van der Waals surface area contributed by atoms with Gasteiger partial charge in [0.2, 0.25) is 11.9 Å². The van der Waals surface area contributed by atoms with Crippen LogP contribution in [0.1, 0.15) is 5.69 Å². The SMILES string of the molecule is O=C(Cc1ccccn1)Nc1ncccn1. The van der Waals surface area contributed by atoms with Crippen molar-refractivity contribution in [3.05, 3.63) is 48.5 Å². The third kappa shape index (κ3) is 2.84. The van der Waals surface area contributed by atoms with E-state index in [0.717, 1.165) is 5.69 Å². The quantitative estimate of drug-likeness (QED) is 0.829. The van der Waals surface area contributed by atoms with Gasteiger partial charge < -0.3 is 0 Å². The van der Waals surface area contributed by atoms with Crippen molar-refractivity contribution in [3.63, 3.8) is 0 Å². The van der Waals surface area contributed by atoms with Crippen LogP contribution < -0.4 is 5.32 Å². The van der Waals surface area contributed by atoms with Gasteiger partial charge in [0.1, 0.15) is 0 Å². The van der Waals surface area contributed by atoms with Crippen LogP contribution in [0.5, 0.6) is 0 Å². The number of pyridine rings is 1. The minimum absolute atomic E-state index is 0.176. The van der Waals surface area contributed by atoms with E-state index in [-0.39, 0.29) is 12.3 Å². The molecule has 2 aromatic rings. The highest BCUT2D eigenvalue weighted by Crippen LogP contribution is 1.98. The maximum Gasteiger partial charge on any atom is 0.232 e. The Hall–Kier alpha value is -2.30. The van der Waals surface area contributed by atoms with Gasteiger partial charge in [-0.15, -0.1) is 0 Å². The van der Waals surface area contributed by atoms with Gasteiger partial charge in [0.25, 0.3) is 0 Å². The highest BCUT2D eigenvalue weighted by Gasteiger charge is 2.05. The van der Waals surface area contributed by atoms with Crippen LogP contribution in [0.4, 0.5) is 5.95 Å². The number of carbonyl (C=O) groups excluding carboxylic acids is 1. The number of nitrogens with zero attached hydrogens (tertiary/aromatic N) is 3. The number of nitrogens with one attached hydrogen (secondary N) is 1. The number of carbonyl (C=O) groups is 1. The largest absolute Gasteiger partial charge is 0.294 e. The average Bonchev–Trinajstić information content (AvgIpc) is 2.31. The number of amides is 1. The Kier molecular flexibility index (Phi) is 3.18. The van der Waals surface area contributed by atoms with Crippen LogP contribution in [0.3, 0.4) is 0 Å². The summed E-state index contributed by atoms with van der Waals surface area (Å²) in [4.78, 5) is 23.4. The normalized spacial score (nSPS) is 9.75. The van der Waals surface area contributed by atoms with Crippen molar-refractivity contribution in [3.8, 4) is 0 Å². The summed E-state index contributed by atoms with van der Waals surface area (Å²) in [6, 6.07) is 7.14. The standard InChI is InChI=1S/C11H10N4O/c16-10(8-9-4-1-2-5-12-9)15-11-13-6-3-7-14-11/h1-7H,8H2,(H,13,14,15,16). The molecule has 0 spiro atoms. The second-order valence-electron chi connectivity index (χ2n) is 3.12. The topological polar surface area (TPSA) is 67.8 Å². The lowest BCUT2D eigenvalue weighted by molar-refractivity contribution is -0.115. The fourth-order valence-corrected chi connectivity index (χ4v) is 1.20. The van der Waals surface area contributed by atoms with Crippen LogP contribution in [-0.4, -0.2) is 20.9 Å². The second-order valence-corrected chi connectivity index (χ2v) is 3.12. The molecule has 5 heteroatoms. The first kappa shape index (κ1) is 10.2. The van der Waals surface area contributed by atoms with Gasteiger partial charge in [-0.2, -0.15) is 0 Å². The highest BCUT2D eigenvalue weighted by atomic mass is 16.1. The summed E-state index contributed by atoms with van der Waals surface area (Å²) in [6.07, 6.45) is 5.02. The molecule has 0 radical (unpaired) electrons. The van der Waals surface area contributed by atoms with Crippen molar-refractivity contribution in [1.29, 1.82) is 0 Å². The minimum atomic E-state index is -0.176. The fraction of sp³-hybridized carbons (Fsp3) is 0.0909. The fourth-order valence-electron chi connectivity index (χ4n) is 1.20. The summed E-state index contributed by atoms with van der Waals surface area (Å²) in [5.41, 5.74) is 0.718. The zero-order valence-electron chi connectivity index (χ0n) is 8.50. The number of rotatable bonds is 3. The molecule has 0 saturated carbocycles. The molecule has 2 aromatic heterocycles. The predicted molar refractivity (Wildman–Crippen MR) is 58.6 cm³/mol. The Balaban J connectivity index is 1.95. The zero-order valence-corrected chi connectivity index (χ0v) is 8.50. The van der Waals surface area contributed by atoms with Gasteiger partial charge in [0, 0.05) is 24.3 Å². The molecule has 0 aliphatic carbocycles. The maximum atomic E-state index is 11.6. The summed E-state index contributed by atoms with van der Waals surface area (Å²) in [5.74, 6) is 0.133. The number of aromatic nitrogens is 3. The van der Waals surface area contributed by atoms with E-state index in [0.29, 0.717) is 5.95 Å². The first-order chi connectivity index (χ1) is 7.84. The molecule has 0 saturated heterocycles. The van der Waals surface area contributed by atoms with Crippen LogP contribution in [0.2, 0.25) is 0 Å². The Labute approximate surface area is 92.6 Å². The molecule has 5 nitrogen and oxygen atoms in total. The number of hydrogen-bond acceptors (Lipinski definition) is 4. The van der Waals surface area contributed by atoms with Crippen molar-refractivity contribution in [2.45, 2.75) is 6.42 Å². The van der Waals surface area contributed by atoms with E-state index in [1.54, 1.807) is 30.7 Å². The smallest absolute Gasteiger partial charge is 0.232 e. The van der Waals surface area contributed by atoms with Gasteiger partial charge in [0.05, 0.1) is 6.42 Å². The van der Waals surface area contributed by atoms with E-state index in [2.05, 4.69) is 20.3 Å². The summed E-state index contributed by atoms with van der Waals surface area (Å²) in [6.45, 7) is 0. The van der Waals surface area contributed by atoms with Gasteiger partial charge in [-0.1, -0.05) is 6.07 Å². The first-order valence-corrected chi connectivity index (χ1v) is 4.81. The zero-order chi connectivity index (χ0) is 11.2. The molecule has 16 heavy (non-hydrogen) atoms. The predicted octanol–water partition coefficient (Wildman–Crippen LogP) is 1.05. The number of hydrogen-bond donors (Lipinski definition) is 1. The lowest BCUT2D eigenvalue weighted by Gasteiger charge is -2.01. The summed E-state index contributed by atoms with van der Waals surface area (Å²) < 4.78 is 0. The maximum absolute atomic E-state index is 11.6. The molecule has 1 N–H and O–H groups in total. The third-order valence-electron chi connectivity index (χ3n) is 1.88. The molecule has 0 aliphatic heterocycles. The van der Waals surface area contributed by atoms with Gasteiger partial charge in [0.15, 0.2) is 0 Å². The van der Waals surface area contributed by atoms with Gasteiger partial charge in [-0.05, 0) is 18.2 Å². The van der Waals surface area contributed by atoms with Crippen LogP contribution >= 0.6 is 0 Å². The highest BCUT2D eigenvalue weighted by molar-refractivity contribution is 5.90. The van der Waals surface area contributed by atoms with Crippen LogP contribution in [0.15, 0.2) is 42.9 Å². The van der Waals surface area contributed by atoms with Crippen molar-refractivity contribution in [1.82, 2.24) is 15.0 Å². The van der Waals surface area contributed by atoms with Crippen molar-refractivity contribution in [2.24, 2.45) is 0 Å². The monoisotopic (exact) mass is 214 g/mol. The van der Waals surface area contributed by atoms with E-state index < -0.39 is 0 Å². The molecule has 0 aliphatic rings. The Morgan fingerprint density at radius 3 is 2.50 bits per heavy atom. The first-order valence-electron chi connectivity index (χ1n) is 4.81. The van der Waals surface area contributed by atoms with Crippen molar-refractivity contribution in [2.75, 3.05) is 5.32 Å². The molecular formula is C11H10N4O. The lowest BCUT2D eigenvalue weighted by atomic mass is 10.2.